The fourth-order valence-corrected chi connectivity index (χ4v) is 3.54. The minimum atomic E-state index is 0.805. The summed E-state index contributed by atoms with van der Waals surface area (Å²) in [5.41, 5.74) is 0. The molecule has 0 spiro atoms. The number of piperidine rings is 1. The van der Waals surface area contributed by atoms with E-state index in [-0.39, 0.29) is 0 Å². The summed E-state index contributed by atoms with van der Waals surface area (Å²) in [6.07, 6.45) is 12.8. The second-order valence-electron chi connectivity index (χ2n) is 6.39. The summed E-state index contributed by atoms with van der Waals surface area (Å²) in [5, 5.41) is 3.72. The Kier molecular flexibility index (Phi) is 6.50. The molecule has 0 amide bonds. The van der Waals surface area contributed by atoms with Crippen LogP contribution in [0.15, 0.2) is 0 Å². The Morgan fingerprint density at radius 1 is 1.00 bits per heavy atom. The van der Waals surface area contributed by atoms with Crippen molar-refractivity contribution in [1.29, 1.82) is 0 Å². The van der Waals surface area contributed by atoms with Gasteiger partial charge in [-0.1, -0.05) is 32.6 Å². The minimum absolute atomic E-state index is 0.805. The van der Waals surface area contributed by atoms with Gasteiger partial charge in [0, 0.05) is 12.6 Å². The van der Waals surface area contributed by atoms with Crippen LogP contribution in [0.1, 0.15) is 64.7 Å². The van der Waals surface area contributed by atoms with Crippen molar-refractivity contribution in [2.45, 2.75) is 70.8 Å². The van der Waals surface area contributed by atoms with E-state index in [2.05, 4.69) is 17.1 Å². The number of likely N-dealkylation sites (tertiary alicyclic amines) is 1. The van der Waals surface area contributed by atoms with Crippen LogP contribution >= 0.6 is 0 Å². The highest BCUT2D eigenvalue weighted by Crippen LogP contribution is 2.25. The highest BCUT2D eigenvalue weighted by Gasteiger charge is 2.22. The third-order valence-corrected chi connectivity index (χ3v) is 4.79. The normalized spacial score (nSPS) is 24.5. The lowest BCUT2D eigenvalue weighted by atomic mass is 9.88. The van der Waals surface area contributed by atoms with Gasteiger partial charge in [-0.15, -0.1) is 0 Å². The van der Waals surface area contributed by atoms with Gasteiger partial charge in [-0.05, 0) is 57.7 Å². The summed E-state index contributed by atoms with van der Waals surface area (Å²) >= 11 is 0. The molecule has 1 heterocycles. The fourth-order valence-electron chi connectivity index (χ4n) is 3.54. The Labute approximate surface area is 114 Å². The predicted octanol–water partition coefficient (Wildman–Crippen LogP) is 3.42. The van der Waals surface area contributed by atoms with E-state index in [1.807, 2.05) is 0 Å². The van der Waals surface area contributed by atoms with Crippen molar-refractivity contribution in [2.24, 2.45) is 5.92 Å². The molecule has 2 nitrogen and oxygen atoms in total. The van der Waals surface area contributed by atoms with Gasteiger partial charge < -0.3 is 10.2 Å². The number of unbranched alkanes of at least 4 members (excludes halogenated alkanes) is 1. The first-order valence-corrected chi connectivity index (χ1v) is 8.34. The molecular weight excluding hydrogens is 220 g/mol. The maximum atomic E-state index is 3.72. The zero-order chi connectivity index (χ0) is 12.6. The first-order chi connectivity index (χ1) is 8.88. The molecule has 0 aromatic heterocycles. The SMILES string of the molecule is CCCCNC1CCN(CC2CCCCC2)CC1. The third-order valence-electron chi connectivity index (χ3n) is 4.79. The molecule has 2 aliphatic rings. The molecule has 0 unspecified atom stereocenters. The molecule has 1 aliphatic heterocycles. The second-order valence-corrected chi connectivity index (χ2v) is 6.39. The minimum Gasteiger partial charge on any atom is -0.314 e. The summed E-state index contributed by atoms with van der Waals surface area (Å²) in [4.78, 5) is 2.73. The molecule has 18 heavy (non-hydrogen) atoms. The van der Waals surface area contributed by atoms with Gasteiger partial charge in [0.1, 0.15) is 0 Å². The Balaban J connectivity index is 1.57. The molecule has 0 atom stereocenters. The van der Waals surface area contributed by atoms with Crippen molar-refractivity contribution in [1.82, 2.24) is 10.2 Å². The predicted molar refractivity (Wildman–Crippen MR) is 78.9 cm³/mol. The van der Waals surface area contributed by atoms with Gasteiger partial charge in [-0.2, -0.15) is 0 Å². The van der Waals surface area contributed by atoms with Crippen molar-refractivity contribution in [3.63, 3.8) is 0 Å². The van der Waals surface area contributed by atoms with Crippen LogP contribution in [0, 0.1) is 5.92 Å². The molecule has 106 valence electrons. The van der Waals surface area contributed by atoms with Crippen molar-refractivity contribution in [2.75, 3.05) is 26.2 Å². The molecule has 0 radical (unpaired) electrons. The van der Waals surface area contributed by atoms with Gasteiger partial charge in [0.15, 0.2) is 0 Å². The largest absolute Gasteiger partial charge is 0.314 e. The first kappa shape index (κ1) is 14.3. The molecule has 1 aliphatic carbocycles. The van der Waals surface area contributed by atoms with Crippen LogP contribution in [0.25, 0.3) is 0 Å². The zero-order valence-corrected chi connectivity index (χ0v) is 12.3. The molecule has 2 rings (SSSR count). The molecule has 2 heteroatoms. The number of hydrogen-bond donors (Lipinski definition) is 1. The average molecular weight is 252 g/mol. The highest BCUT2D eigenvalue weighted by molar-refractivity contribution is 4.79. The van der Waals surface area contributed by atoms with Crippen LogP contribution in [0.4, 0.5) is 0 Å². The van der Waals surface area contributed by atoms with Gasteiger partial charge in [0.25, 0.3) is 0 Å². The van der Waals surface area contributed by atoms with Crippen LogP contribution in [0.2, 0.25) is 0 Å². The van der Waals surface area contributed by atoms with Crippen molar-refractivity contribution in [3.8, 4) is 0 Å². The Bertz CT molecular complexity index is 203. The van der Waals surface area contributed by atoms with Gasteiger partial charge in [0.05, 0.1) is 0 Å². The average Bonchev–Trinajstić information content (AvgIpc) is 2.42. The Hall–Kier alpha value is -0.0800. The standard InChI is InChI=1S/C16H32N2/c1-2-3-11-17-16-9-12-18(13-10-16)14-15-7-5-4-6-8-15/h15-17H,2-14H2,1H3. The topological polar surface area (TPSA) is 15.3 Å². The maximum Gasteiger partial charge on any atom is 0.00914 e. The summed E-state index contributed by atoms with van der Waals surface area (Å²) in [6, 6.07) is 0.805. The maximum absolute atomic E-state index is 3.72. The lowest BCUT2D eigenvalue weighted by Gasteiger charge is -2.35. The lowest BCUT2D eigenvalue weighted by Crippen LogP contribution is -2.44. The fraction of sp³-hybridized carbons (Fsp3) is 1.00. The molecular formula is C16H32N2. The smallest absolute Gasteiger partial charge is 0.00914 e. The van der Waals surface area contributed by atoms with E-state index in [1.165, 1.54) is 84.0 Å². The molecule has 1 saturated heterocycles. The number of nitrogens with one attached hydrogen (secondary N) is 1. The van der Waals surface area contributed by atoms with Crippen LogP contribution < -0.4 is 5.32 Å². The molecule has 1 saturated carbocycles. The van der Waals surface area contributed by atoms with Gasteiger partial charge in [-0.25, -0.2) is 0 Å². The van der Waals surface area contributed by atoms with E-state index in [1.54, 1.807) is 0 Å². The van der Waals surface area contributed by atoms with E-state index >= 15 is 0 Å². The van der Waals surface area contributed by atoms with Gasteiger partial charge in [-0.3, -0.25) is 0 Å². The quantitative estimate of drug-likeness (QED) is 0.729. The molecule has 2 fully saturated rings. The van der Waals surface area contributed by atoms with Crippen LogP contribution in [-0.2, 0) is 0 Å². The zero-order valence-electron chi connectivity index (χ0n) is 12.3. The van der Waals surface area contributed by atoms with E-state index in [0.29, 0.717) is 0 Å². The van der Waals surface area contributed by atoms with Crippen LogP contribution in [0.5, 0.6) is 0 Å². The Morgan fingerprint density at radius 2 is 1.72 bits per heavy atom. The van der Waals surface area contributed by atoms with E-state index in [9.17, 15) is 0 Å². The van der Waals surface area contributed by atoms with Crippen molar-refractivity contribution < 1.29 is 0 Å². The van der Waals surface area contributed by atoms with Gasteiger partial charge >= 0.3 is 0 Å². The van der Waals surface area contributed by atoms with Crippen LogP contribution in [-0.4, -0.2) is 37.1 Å². The number of hydrogen-bond acceptors (Lipinski definition) is 2. The first-order valence-electron chi connectivity index (χ1n) is 8.34. The van der Waals surface area contributed by atoms with Crippen molar-refractivity contribution >= 4 is 0 Å². The van der Waals surface area contributed by atoms with E-state index < -0.39 is 0 Å². The highest BCUT2D eigenvalue weighted by atomic mass is 15.1. The Morgan fingerprint density at radius 3 is 2.39 bits per heavy atom. The third kappa shape index (κ3) is 4.89. The van der Waals surface area contributed by atoms with Crippen molar-refractivity contribution in [3.05, 3.63) is 0 Å². The molecule has 0 aromatic carbocycles. The summed E-state index contributed by atoms with van der Waals surface area (Å²) < 4.78 is 0. The monoisotopic (exact) mass is 252 g/mol. The van der Waals surface area contributed by atoms with E-state index in [4.69, 9.17) is 0 Å². The number of rotatable bonds is 6. The summed E-state index contributed by atoms with van der Waals surface area (Å²) in [7, 11) is 0. The van der Waals surface area contributed by atoms with Gasteiger partial charge in [0.2, 0.25) is 0 Å². The van der Waals surface area contributed by atoms with Crippen LogP contribution in [0.3, 0.4) is 0 Å². The second kappa shape index (κ2) is 8.16. The lowest BCUT2D eigenvalue weighted by molar-refractivity contribution is 0.155. The van der Waals surface area contributed by atoms with E-state index in [0.717, 1.165) is 12.0 Å². The molecule has 1 N–H and O–H groups in total. The molecule has 0 bridgehead atoms. The number of nitrogens with zero attached hydrogens (tertiary/aromatic N) is 1. The summed E-state index contributed by atoms with van der Waals surface area (Å²) in [5.74, 6) is 1.02. The molecule has 0 aromatic rings. The summed E-state index contributed by atoms with van der Waals surface area (Å²) in [6.45, 7) is 7.56.